The quantitative estimate of drug-likeness (QED) is 0.255. The number of hydrogen-bond donors (Lipinski definition) is 1. The second-order valence-electron chi connectivity index (χ2n) is 10.6. The summed E-state index contributed by atoms with van der Waals surface area (Å²) in [4.78, 5) is 58.4. The summed E-state index contributed by atoms with van der Waals surface area (Å²) in [6.07, 6.45) is 0. The molecule has 11 heteroatoms. The largest absolute Gasteiger partial charge is 0.497 e. The number of carbonyl (C=O) groups excluding carboxylic acids is 3. The van der Waals surface area contributed by atoms with Crippen LogP contribution in [-0.2, 0) is 20.9 Å². The van der Waals surface area contributed by atoms with Crippen molar-refractivity contribution in [3.05, 3.63) is 99.0 Å². The molecule has 1 saturated heterocycles. The molecular weight excluding hydrogens is 597 g/mol. The minimum Gasteiger partial charge on any atom is -0.497 e. The van der Waals surface area contributed by atoms with Crippen LogP contribution in [0, 0.1) is 5.92 Å². The number of ether oxygens (including phenoxy) is 1. The monoisotopic (exact) mass is 628 g/mol. The second kappa shape index (κ2) is 12.3. The lowest BCUT2D eigenvalue weighted by Crippen LogP contribution is -2.33. The van der Waals surface area contributed by atoms with Crippen LogP contribution in [0.2, 0.25) is 0 Å². The predicted octanol–water partition coefficient (Wildman–Crippen LogP) is 5.20. The third kappa shape index (κ3) is 5.30. The fourth-order valence-electron chi connectivity index (χ4n) is 5.95. The van der Waals surface area contributed by atoms with E-state index < -0.39 is 17.1 Å². The average molecular weight is 629 g/mol. The Morgan fingerprint density at radius 1 is 0.909 bits per heavy atom. The van der Waals surface area contributed by atoms with Gasteiger partial charge in [0.1, 0.15) is 17.5 Å². The van der Waals surface area contributed by atoms with Crippen molar-refractivity contribution in [2.75, 3.05) is 35.3 Å². The zero-order valence-corrected chi connectivity index (χ0v) is 26.2. The maximum atomic E-state index is 14.1. The number of thiazole rings is 1. The number of amides is 3. The van der Waals surface area contributed by atoms with Crippen molar-refractivity contribution in [3.8, 4) is 5.75 Å². The summed E-state index contributed by atoms with van der Waals surface area (Å²) in [5, 5.41) is 2.65. The third-order valence-electron chi connectivity index (χ3n) is 8.12. The minimum atomic E-state index is -0.743. The van der Waals surface area contributed by atoms with Crippen LogP contribution in [0.15, 0.2) is 88.7 Å². The first-order valence-electron chi connectivity index (χ1n) is 14.5. The van der Waals surface area contributed by atoms with E-state index in [1.165, 1.54) is 21.2 Å². The molecule has 9 nitrogen and oxygen atoms in total. The number of rotatable bonds is 9. The summed E-state index contributed by atoms with van der Waals surface area (Å²) in [5.74, 6) is -1.53. The summed E-state index contributed by atoms with van der Waals surface area (Å²) in [6, 6.07) is 23.9. The van der Waals surface area contributed by atoms with Crippen molar-refractivity contribution < 1.29 is 19.1 Å². The van der Waals surface area contributed by atoms with E-state index in [-0.39, 0.29) is 29.1 Å². The van der Waals surface area contributed by atoms with Crippen molar-refractivity contribution in [3.63, 3.8) is 0 Å². The van der Waals surface area contributed by atoms with Crippen LogP contribution in [0.4, 0.5) is 17.1 Å². The Morgan fingerprint density at radius 3 is 2.23 bits per heavy atom. The van der Waals surface area contributed by atoms with Gasteiger partial charge in [0.05, 0.1) is 23.7 Å². The molecule has 0 spiro atoms. The molecule has 2 unspecified atom stereocenters. The zero-order chi connectivity index (χ0) is 31.0. The lowest BCUT2D eigenvalue weighted by Gasteiger charge is -2.31. The van der Waals surface area contributed by atoms with Crippen LogP contribution in [0.5, 0.6) is 5.75 Å². The van der Waals surface area contributed by atoms with E-state index in [4.69, 9.17) is 4.74 Å². The van der Waals surface area contributed by atoms with E-state index >= 15 is 0 Å². The summed E-state index contributed by atoms with van der Waals surface area (Å²) < 4.78 is 6.61. The molecule has 6 rings (SSSR count). The van der Waals surface area contributed by atoms with Crippen molar-refractivity contribution in [2.24, 2.45) is 5.92 Å². The third-order valence-corrected chi connectivity index (χ3v) is 10.7. The summed E-state index contributed by atoms with van der Waals surface area (Å²) >= 11 is 2.25. The molecule has 1 aromatic heterocycles. The summed E-state index contributed by atoms with van der Waals surface area (Å²) in [7, 11) is 1.57. The van der Waals surface area contributed by atoms with Crippen molar-refractivity contribution in [1.82, 2.24) is 4.57 Å². The molecule has 3 aromatic carbocycles. The van der Waals surface area contributed by atoms with Gasteiger partial charge in [-0.3, -0.25) is 23.7 Å². The van der Waals surface area contributed by atoms with E-state index in [2.05, 4.69) is 24.1 Å². The Kier molecular flexibility index (Phi) is 8.33. The van der Waals surface area contributed by atoms with Crippen LogP contribution in [0.3, 0.4) is 0 Å². The molecule has 0 saturated carbocycles. The molecule has 3 amide bonds. The molecular formula is C33H32N4O5S2. The number of fused-ring (bicyclic) bond motifs is 2. The summed E-state index contributed by atoms with van der Waals surface area (Å²) in [6.45, 7) is 5.68. The maximum Gasteiger partial charge on any atom is 0.308 e. The lowest BCUT2D eigenvalue weighted by atomic mass is 9.83. The second-order valence-corrected chi connectivity index (χ2v) is 12.7. The van der Waals surface area contributed by atoms with Crippen LogP contribution >= 0.6 is 23.1 Å². The van der Waals surface area contributed by atoms with Crippen LogP contribution < -0.4 is 24.7 Å². The van der Waals surface area contributed by atoms with Gasteiger partial charge in [0, 0.05) is 35.3 Å². The van der Waals surface area contributed by atoms with Gasteiger partial charge in [-0.25, -0.2) is 4.90 Å². The molecule has 1 fully saturated rings. The number of thioether (sulfide) groups is 1. The number of methoxy groups -OCH3 is 1. The number of anilines is 3. The molecule has 2 aliphatic rings. The molecule has 226 valence electrons. The maximum absolute atomic E-state index is 14.1. The fourth-order valence-corrected chi connectivity index (χ4v) is 8.72. The number of carbonyl (C=O) groups is 3. The van der Waals surface area contributed by atoms with E-state index in [0.29, 0.717) is 27.0 Å². The van der Waals surface area contributed by atoms with Gasteiger partial charge in [-0.05, 0) is 67.9 Å². The number of nitrogens with zero attached hydrogens (tertiary/aromatic N) is 3. The first-order valence-corrected chi connectivity index (χ1v) is 16.2. The van der Waals surface area contributed by atoms with Crippen LogP contribution in [-0.4, -0.2) is 47.7 Å². The predicted molar refractivity (Wildman–Crippen MR) is 174 cm³/mol. The van der Waals surface area contributed by atoms with E-state index in [9.17, 15) is 19.2 Å². The Bertz CT molecular complexity index is 1750. The number of hydrogen-bond acceptors (Lipinski definition) is 8. The van der Waals surface area contributed by atoms with Gasteiger partial charge in [-0.1, -0.05) is 53.4 Å². The SMILES string of the molecule is CCN(CC)c1ccc([C@H]2c3sc(=O)n(CC(=O)Nc4ccc(OC)cc4)c3SC3C(=O)N(c4ccccc4)C(=O)C32)cc1. The molecule has 4 aromatic rings. The highest BCUT2D eigenvalue weighted by Gasteiger charge is 2.56. The molecule has 1 N–H and O–H groups in total. The Balaban J connectivity index is 1.39. The van der Waals surface area contributed by atoms with E-state index in [0.717, 1.165) is 35.7 Å². The average Bonchev–Trinajstić information content (AvgIpc) is 3.48. The minimum absolute atomic E-state index is 0.223. The van der Waals surface area contributed by atoms with Gasteiger partial charge < -0.3 is 15.0 Å². The summed E-state index contributed by atoms with van der Waals surface area (Å²) in [5.41, 5.74) is 3.00. The van der Waals surface area contributed by atoms with Gasteiger partial charge in [0.25, 0.3) is 0 Å². The number of benzene rings is 3. The highest BCUT2D eigenvalue weighted by molar-refractivity contribution is 8.00. The molecule has 44 heavy (non-hydrogen) atoms. The molecule has 0 aliphatic carbocycles. The van der Waals surface area contributed by atoms with Gasteiger partial charge in [-0.15, -0.1) is 0 Å². The standard InChI is InChI=1S/C33H32N4O5S2/c1-4-35(5-2)22-15-11-20(12-16-22)26-27-28(31(40)37(30(27)39)23-9-7-6-8-10-23)43-32-29(26)44-33(41)36(32)19-25(38)34-21-13-17-24(42-3)18-14-21/h6-18,26-28H,4-5,19H2,1-3H3,(H,34,38)/t26-,27?,28?/m1/s1. The molecule has 2 aliphatic heterocycles. The van der Waals surface area contributed by atoms with Crippen LogP contribution in [0.1, 0.15) is 30.2 Å². The highest BCUT2D eigenvalue weighted by Crippen LogP contribution is 2.54. The lowest BCUT2D eigenvalue weighted by molar-refractivity contribution is -0.122. The number of aromatic nitrogens is 1. The molecule has 3 heterocycles. The first kappa shape index (κ1) is 29.7. The number of para-hydroxylation sites is 1. The normalized spacial score (nSPS) is 19.0. The van der Waals surface area contributed by atoms with E-state index in [1.807, 2.05) is 30.3 Å². The number of nitrogens with one attached hydrogen (secondary N) is 1. The van der Waals surface area contributed by atoms with Crippen molar-refractivity contribution >= 4 is 57.9 Å². The van der Waals surface area contributed by atoms with Crippen molar-refractivity contribution in [2.45, 2.75) is 36.6 Å². The number of imide groups is 1. The molecule has 0 radical (unpaired) electrons. The zero-order valence-electron chi connectivity index (χ0n) is 24.6. The molecule has 3 atom stereocenters. The topological polar surface area (TPSA) is 101 Å². The Morgan fingerprint density at radius 2 is 1.59 bits per heavy atom. The van der Waals surface area contributed by atoms with E-state index in [1.54, 1.807) is 55.6 Å². The molecule has 0 bridgehead atoms. The van der Waals surface area contributed by atoms with Gasteiger partial charge in [0.15, 0.2) is 0 Å². The van der Waals surface area contributed by atoms with Gasteiger partial charge in [0.2, 0.25) is 17.7 Å². The Labute approximate surface area is 263 Å². The Hall–Kier alpha value is -4.35. The van der Waals surface area contributed by atoms with Crippen molar-refractivity contribution in [1.29, 1.82) is 0 Å². The smallest absolute Gasteiger partial charge is 0.308 e. The van der Waals surface area contributed by atoms with Gasteiger partial charge >= 0.3 is 4.87 Å². The van der Waals surface area contributed by atoms with Gasteiger partial charge in [-0.2, -0.15) is 0 Å². The van der Waals surface area contributed by atoms with Crippen LogP contribution in [0.25, 0.3) is 0 Å². The first-order chi connectivity index (χ1) is 21.3. The fraction of sp³-hybridized carbons (Fsp3) is 0.273. The highest BCUT2D eigenvalue weighted by atomic mass is 32.2.